The van der Waals surface area contributed by atoms with Crippen molar-refractivity contribution >= 4 is 23.0 Å². The van der Waals surface area contributed by atoms with Gasteiger partial charge in [0, 0.05) is 34.7 Å². The first-order valence-corrected chi connectivity index (χ1v) is 8.20. The molecule has 0 aliphatic heterocycles. The van der Waals surface area contributed by atoms with E-state index >= 15 is 0 Å². The van der Waals surface area contributed by atoms with Gasteiger partial charge in [0.2, 0.25) is 5.91 Å². The maximum Gasteiger partial charge on any atom is 0.220 e. The van der Waals surface area contributed by atoms with Crippen LogP contribution in [0.5, 0.6) is 0 Å². The molecule has 0 saturated carbocycles. The molecule has 3 nitrogen and oxygen atoms in total. The number of carbonyl (C=O) groups excluding carboxylic acids is 2. The molecule has 1 N–H and O–H groups in total. The Morgan fingerprint density at radius 2 is 1.82 bits per heavy atom. The highest BCUT2D eigenvalue weighted by Crippen LogP contribution is 2.22. The number of ketones is 1. The number of amides is 1. The van der Waals surface area contributed by atoms with Crippen LogP contribution in [0.1, 0.15) is 44.1 Å². The summed E-state index contributed by atoms with van der Waals surface area (Å²) in [4.78, 5) is 26.2. The SMILES string of the molecule is Cc1cc(C(=O)CCC(=O)NCc2ccccc2C)c(C)s1. The molecule has 22 heavy (non-hydrogen) atoms. The number of carbonyl (C=O) groups is 2. The Morgan fingerprint density at radius 3 is 2.45 bits per heavy atom. The Bertz CT molecular complexity index is 688. The van der Waals surface area contributed by atoms with Crippen LogP contribution in [0.15, 0.2) is 30.3 Å². The maximum absolute atomic E-state index is 12.1. The number of thiophene rings is 1. The van der Waals surface area contributed by atoms with Crippen LogP contribution in [0, 0.1) is 20.8 Å². The van der Waals surface area contributed by atoms with Crippen molar-refractivity contribution in [2.45, 2.75) is 40.2 Å². The molecule has 0 fully saturated rings. The summed E-state index contributed by atoms with van der Waals surface area (Å²) in [5, 5.41) is 2.88. The molecule has 116 valence electrons. The average Bonchev–Trinajstić information content (AvgIpc) is 2.82. The minimum absolute atomic E-state index is 0.0490. The van der Waals surface area contributed by atoms with E-state index < -0.39 is 0 Å². The fourth-order valence-electron chi connectivity index (χ4n) is 2.36. The molecule has 0 radical (unpaired) electrons. The molecule has 2 rings (SSSR count). The van der Waals surface area contributed by atoms with E-state index in [0.717, 1.165) is 26.4 Å². The van der Waals surface area contributed by atoms with Crippen LogP contribution < -0.4 is 5.32 Å². The topological polar surface area (TPSA) is 46.2 Å². The van der Waals surface area contributed by atoms with Crippen LogP contribution >= 0.6 is 11.3 Å². The second-order valence-corrected chi connectivity index (χ2v) is 6.91. The molecule has 1 aromatic heterocycles. The fourth-order valence-corrected chi connectivity index (χ4v) is 3.30. The van der Waals surface area contributed by atoms with Gasteiger partial charge in [0.1, 0.15) is 0 Å². The normalized spacial score (nSPS) is 10.5. The summed E-state index contributed by atoms with van der Waals surface area (Å²) in [6.45, 7) is 6.47. The maximum atomic E-state index is 12.1. The summed E-state index contributed by atoms with van der Waals surface area (Å²) in [6, 6.07) is 9.86. The van der Waals surface area contributed by atoms with Crippen molar-refractivity contribution in [1.82, 2.24) is 5.32 Å². The van der Waals surface area contributed by atoms with Gasteiger partial charge in [0.05, 0.1) is 0 Å². The van der Waals surface area contributed by atoms with Crippen molar-refractivity contribution in [3.63, 3.8) is 0 Å². The number of Topliss-reactive ketones (excluding diaryl/α,β-unsaturated/α-hetero) is 1. The zero-order chi connectivity index (χ0) is 16.1. The lowest BCUT2D eigenvalue weighted by atomic mass is 10.1. The van der Waals surface area contributed by atoms with Crippen molar-refractivity contribution in [3.05, 3.63) is 56.8 Å². The van der Waals surface area contributed by atoms with E-state index in [2.05, 4.69) is 5.32 Å². The van der Waals surface area contributed by atoms with Gasteiger partial charge < -0.3 is 5.32 Å². The molecule has 1 amide bonds. The summed E-state index contributed by atoms with van der Waals surface area (Å²) >= 11 is 1.62. The van der Waals surface area contributed by atoms with Gasteiger partial charge in [-0.2, -0.15) is 0 Å². The molecule has 0 aliphatic rings. The smallest absolute Gasteiger partial charge is 0.220 e. The Balaban J connectivity index is 1.82. The minimum atomic E-state index is -0.0822. The third-order valence-electron chi connectivity index (χ3n) is 3.66. The van der Waals surface area contributed by atoms with Gasteiger partial charge in [-0.1, -0.05) is 24.3 Å². The molecule has 0 aliphatic carbocycles. The number of hydrogen-bond donors (Lipinski definition) is 1. The van der Waals surface area contributed by atoms with E-state index in [1.54, 1.807) is 11.3 Å². The number of hydrogen-bond acceptors (Lipinski definition) is 3. The van der Waals surface area contributed by atoms with E-state index in [-0.39, 0.29) is 24.5 Å². The molecule has 0 spiro atoms. The van der Waals surface area contributed by atoms with Gasteiger partial charge in [-0.15, -0.1) is 11.3 Å². The standard InChI is InChI=1S/C18H21NO2S/c1-12-6-4-5-7-15(12)11-19-18(21)9-8-17(20)16-10-13(2)22-14(16)3/h4-7,10H,8-9,11H2,1-3H3,(H,19,21). The monoisotopic (exact) mass is 315 g/mol. The molecule has 1 heterocycles. The third-order valence-corrected chi connectivity index (χ3v) is 4.62. The summed E-state index contributed by atoms with van der Waals surface area (Å²) in [5.41, 5.74) is 3.02. The predicted molar refractivity (Wildman–Crippen MR) is 90.4 cm³/mol. The number of aryl methyl sites for hydroxylation is 3. The van der Waals surface area contributed by atoms with Crippen LogP contribution in [-0.4, -0.2) is 11.7 Å². The van der Waals surface area contributed by atoms with E-state index in [1.807, 2.05) is 51.1 Å². The quantitative estimate of drug-likeness (QED) is 0.820. The van der Waals surface area contributed by atoms with Gasteiger partial charge in [-0.05, 0) is 38.0 Å². The molecular formula is C18H21NO2S. The molecule has 0 atom stereocenters. The van der Waals surface area contributed by atoms with Crippen LogP contribution in [0.4, 0.5) is 0 Å². The Morgan fingerprint density at radius 1 is 1.09 bits per heavy atom. The van der Waals surface area contributed by atoms with Gasteiger partial charge in [-0.3, -0.25) is 9.59 Å². The zero-order valence-corrected chi connectivity index (χ0v) is 14.0. The molecule has 0 bridgehead atoms. The van der Waals surface area contributed by atoms with E-state index in [0.29, 0.717) is 6.54 Å². The first-order valence-electron chi connectivity index (χ1n) is 7.39. The van der Waals surface area contributed by atoms with Gasteiger partial charge >= 0.3 is 0 Å². The van der Waals surface area contributed by atoms with Gasteiger partial charge in [0.25, 0.3) is 0 Å². The molecule has 0 saturated heterocycles. The Kier molecular flexibility index (Phi) is 5.50. The second-order valence-electron chi connectivity index (χ2n) is 5.45. The average molecular weight is 315 g/mol. The first kappa shape index (κ1) is 16.4. The molecule has 0 unspecified atom stereocenters. The summed E-state index contributed by atoms with van der Waals surface area (Å²) in [5.74, 6) is -0.0332. The summed E-state index contributed by atoms with van der Waals surface area (Å²) in [7, 11) is 0. The minimum Gasteiger partial charge on any atom is -0.352 e. The lowest BCUT2D eigenvalue weighted by Gasteiger charge is -2.07. The van der Waals surface area contributed by atoms with E-state index in [9.17, 15) is 9.59 Å². The lowest BCUT2D eigenvalue weighted by molar-refractivity contribution is -0.121. The highest BCUT2D eigenvalue weighted by atomic mass is 32.1. The van der Waals surface area contributed by atoms with Crippen molar-refractivity contribution in [1.29, 1.82) is 0 Å². The zero-order valence-electron chi connectivity index (χ0n) is 13.2. The molecule has 2 aromatic rings. The largest absolute Gasteiger partial charge is 0.352 e. The summed E-state index contributed by atoms with van der Waals surface area (Å²) < 4.78 is 0. The van der Waals surface area contributed by atoms with Crippen molar-refractivity contribution in [2.75, 3.05) is 0 Å². The van der Waals surface area contributed by atoms with Gasteiger partial charge in [-0.25, -0.2) is 0 Å². The van der Waals surface area contributed by atoms with Crippen LogP contribution in [-0.2, 0) is 11.3 Å². The van der Waals surface area contributed by atoms with Crippen molar-refractivity contribution < 1.29 is 9.59 Å². The molecular weight excluding hydrogens is 294 g/mol. The predicted octanol–water partition coefficient (Wildman–Crippen LogP) is 3.95. The number of rotatable bonds is 6. The second kappa shape index (κ2) is 7.36. The third kappa shape index (κ3) is 4.28. The lowest BCUT2D eigenvalue weighted by Crippen LogP contribution is -2.23. The Hall–Kier alpha value is -1.94. The number of nitrogens with one attached hydrogen (secondary N) is 1. The van der Waals surface area contributed by atoms with Gasteiger partial charge in [0.15, 0.2) is 5.78 Å². The summed E-state index contributed by atoms with van der Waals surface area (Å²) in [6.07, 6.45) is 0.496. The molecule has 1 aromatic carbocycles. The highest BCUT2D eigenvalue weighted by Gasteiger charge is 2.13. The van der Waals surface area contributed by atoms with E-state index in [4.69, 9.17) is 0 Å². The van der Waals surface area contributed by atoms with Crippen LogP contribution in [0.2, 0.25) is 0 Å². The number of benzene rings is 1. The van der Waals surface area contributed by atoms with Crippen molar-refractivity contribution in [2.24, 2.45) is 0 Å². The molecule has 4 heteroatoms. The highest BCUT2D eigenvalue weighted by molar-refractivity contribution is 7.12. The van der Waals surface area contributed by atoms with Crippen molar-refractivity contribution in [3.8, 4) is 0 Å². The first-order chi connectivity index (χ1) is 10.5. The Labute approximate surface area is 135 Å². The van der Waals surface area contributed by atoms with Crippen LogP contribution in [0.25, 0.3) is 0 Å². The van der Waals surface area contributed by atoms with Crippen LogP contribution in [0.3, 0.4) is 0 Å². The fraction of sp³-hybridized carbons (Fsp3) is 0.333. The van der Waals surface area contributed by atoms with E-state index in [1.165, 1.54) is 0 Å².